The molecule has 0 spiro atoms. The molecule has 0 radical (unpaired) electrons. The van der Waals surface area contributed by atoms with E-state index < -0.39 is 11.9 Å². The number of pyridine rings is 1. The molecule has 0 saturated heterocycles. The molecule has 14 heavy (non-hydrogen) atoms. The molecule has 5 nitrogen and oxygen atoms in total. The predicted octanol–water partition coefficient (Wildman–Crippen LogP) is 0.261. The molecule has 1 aromatic heterocycles. The van der Waals surface area contributed by atoms with Gasteiger partial charge in [0.15, 0.2) is 0 Å². The number of carbonyl (C=O) groups excluding carboxylic acids is 2. The van der Waals surface area contributed by atoms with Gasteiger partial charge in [0.1, 0.15) is 18.5 Å². The number of nitrogens with zero attached hydrogens (tertiary/aromatic N) is 1. The van der Waals surface area contributed by atoms with E-state index in [1.807, 2.05) is 0 Å². The Kier molecular flexibility index (Phi) is 3.06. The average molecular weight is 193 g/mol. The van der Waals surface area contributed by atoms with Crippen LogP contribution in [0, 0.1) is 0 Å². The molecule has 0 unspecified atom stereocenters. The fourth-order valence-electron chi connectivity index (χ4n) is 0.900. The number of carbonyl (C=O) groups is 3. The first-order chi connectivity index (χ1) is 6.69. The van der Waals surface area contributed by atoms with Crippen molar-refractivity contribution >= 4 is 18.5 Å². The molecule has 0 amide bonds. The van der Waals surface area contributed by atoms with Gasteiger partial charge in [-0.2, -0.15) is 0 Å². The third-order valence-corrected chi connectivity index (χ3v) is 1.67. The standard InChI is InChI=1S/C9H7NO4/c11-4-7(5-12)8-2-1-6(3-10-8)9(13)14/h1-5,7H,(H,13,14). The van der Waals surface area contributed by atoms with Gasteiger partial charge in [-0.25, -0.2) is 4.79 Å². The van der Waals surface area contributed by atoms with Gasteiger partial charge in [0.05, 0.1) is 11.3 Å². The highest BCUT2D eigenvalue weighted by molar-refractivity contribution is 5.88. The highest BCUT2D eigenvalue weighted by Crippen LogP contribution is 2.08. The van der Waals surface area contributed by atoms with Gasteiger partial charge in [0.25, 0.3) is 0 Å². The Balaban J connectivity index is 2.98. The molecular formula is C9H7NO4. The van der Waals surface area contributed by atoms with Crippen LogP contribution in [0.15, 0.2) is 18.3 Å². The van der Waals surface area contributed by atoms with Crippen LogP contribution in [0.25, 0.3) is 0 Å². The van der Waals surface area contributed by atoms with Crippen molar-refractivity contribution in [1.82, 2.24) is 4.98 Å². The quantitative estimate of drug-likeness (QED) is 0.547. The van der Waals surface area contributed by atoms with Crippen molar-refractivity contribution in [3.05, 3.63) is 29.6 Å². The van der Waals surface area contributed by atoms with Crippen LogP contribution >= 0.6 is 0 Å². The van der Waals surface area contributed by atoms with Gasteiger partial charge in [-0.15, -0.1) is 0 Å². The maximum atomic E-state index is 10.4. The van der Waals surface area contributed by atoms with E-state index in [9.17, 15) is 14.4 Å². The summed E-state index contributed by atoms with van der Waals surface area (Å²) in [6.45, 7) is 0. The predicted molar refractivity (Wildman–Crippen MR) is 46.1 cm³/mol. The first-order valence-corrected chi connectivity index (χ1v) is 3.79. The van der Waals surface area contributed by atoms with Crippen molar-refractivity contribution in [2.45, 2.75) is 5.92 Å². The van der Waals surface area contributed by atoms with Crippen LogP contribution in [0.5, 0.6) is 0 Å². The zero-order chi connectivity index (χ0) is 10.6. The SMILES string of the molecule is O=CC(C=O)c1ccc(C(=O)O)cn1. The van der Waals surface area contributed by atoms with Crippen LogP contribution in [-0.4, -0.2) is 28.6 Å². The van der Waals surface area contributed by atoms with Crippen LogP contribution in [0.2, 0.25) is 0 Å². The van der Waals surface area contributed by atoms with E-state index in [0.29, 0.717) is 12.6 Å². The summed E-state index contributed by atoms with van der Waals surface area (Å²) < 4.78 is 0. The number of aromatic nitrogens is 1. The summed E-state index contributed by atoms with van der Waals surface area (Å²) in [7, 11) is 0. The molecule has 1 rings (SSSR count). The molecular weight excluding hydrogens is 186 g/mol. The third kappa shape index (κ3) is 2.01. The van der Waals surface area contributed by atoms with Crippen LogP contribution < -0.4 is 0 Å². The zero-order valence-electron chi connectivity index (χ0n) is 7.08. The molecule has 5 heteroatoms. The van der Waals surface area contributed by atoms with Gasteiger partial charge in [-0.3, -0.25) is 4.98 Å². The Morgan fingerprint density at radius 3 is 2.36 bits per heavy atom. The number of carboxylic acid groups (broad SMARTS) is 1. The number of hydrogen-bond acceptors (Lipinski definition) is 4. The Hall–Kier alpha value is -2.04. The number of aldehydes is 2. The lowest BCUT2D eigenvalue weighted by Gasteiger charge is -2.01. The monoisotopic (exact) mass is 193 g/mol. The third-order valence-electron chi connectivity index (χ3n) is 1.67. The van der Waals surface area contributed by atoms with E-state index in [1.165, 1.54) is 12.1 Å². The van der Waals surface area contributed by atoms with Gasteiger partial charge >= 0.3 is 5.97 Å². The van der Waals surface area contributed by atoms with Crippen molar-refractivity contribution in [3.8, 4) is 0 Å². The number of rotatable bonds is 4. The van der Waals surface area contributed by atoms with Crippen molar-refractivity contribution in [2.24, 2.45) is 0 Å². The molecule has 0 aliphatic carbocycles. The van der Waals surface area contributed by atoms with Crippen molar-refractivity contribution < 1.29 is 19.5 Å². The maximum Gasteiger partial charge on any atom is 0.337 e. The topological polar surface area (TPSA) is 84.3 Å². The van der Waals surface area contributed by atoms with E-state index in [2.05, 4.69) is 4.98 Å². The molecule has 0 aliphatic rings. The summed E-state index contributed by atoms with van der Waals surface area (Å²) in [5.74, 6) is -2.02. The molecule has 1 N–H and O–H groups in total. The second kappa shape index (κ2) is 4.27. The van der Waals surface area contributed by atoms with E-state index in [-0.39, 0.29) is 11.3 Å². The number of aromatic carboxylic acids is 1. The summed E-state index contributed by atoms with van der Waals surface area (Å²) in [5, 5.41) is 8.55. The van der Waals surface area contributed by atoms with Crippen molar-refractivity contribution in [2.75, 3.05) is 0 Å². The fourth-order valence-corrected chi connectivity index (χ4v) is 0.900. The van der Waals surface area contributed by atoms with E-state index in [1.54, 1.807) is 0 Å². The van der Waals surface area contributed by atoms with Crippen LogP contribution in [0.1, 0.15) is 22.0 Å². The molecule has 0 aromatic carbocycles. The molecule has 1 aromatic rings. The summed E-state index contributed by atoms with van der Waals surface area (Å²) in [4.78, 5) is 34.9. The largest absolute Gasteiger partial charge is 0.478 e. The summed E-state index contributed by atoms with van der Waals surface area (Å²) in [6, 6.07) is 2.64. The highest BCUT2D eigenvalue weighted by Gasteiger charge is 2.11. The van der Waals surface area contributed by atoms with Crippen molar-refractivity contribution in [1.29, 1.82) is 0 Å². The lowest BCUT2D eigenvalue weighted by Crippen LogP contribution is -2.05. The van der Waals surface area contributed by atoms with Crippen LogP contribution in [-0.2, 0) is 9.59 Å². The molecule has 1 heterocycles. The highest BCUT2D eigenvalue weighted by atomic mass is 16.4. The van der Waals surface area contributed by atoms with Gasteiger partial charge in [-0.1, -0.05) is 0 Å². The maximum absolute atomic E-state index is 10.4. The lowest BCUT2D eigenvalue weighted by atomic mass is 10.1. The van der Waals surface area contributed by atoms with E-state index in [0.717, 1.165) is 6.20 Å². The van der Waals surface area contributed by atoms with Crippen LogP contribution in [0.3, 0.4) is 0 Å². The molecule has 0 fully saturated rings. The first kappa shape index (κ1) is 10.0. The Labute approximate surface area is 79.4 Å². The molecule has 0 aliphatic heterocycles. The summed E-state index contributed by atoms with van der Waals surface area (Å²) in [5.41, 5.74) is 0.268. The Bertz CT molecular complexity index is 350. The molecule has 0 atom stereocenters. The summed E-state index contributed by atoms with van der Waals surface area (Å²) >= 11 is 0. The fraction of sp³-hybridized carbons (Fsp3) is 0.111. The number of carboxylic acids is 1. The number of hydrogen-bond donors (Lipinski definition) is 1. The smallest absolute Gasteiger partial charge is 0.337 e. The van der Waals surface area contributed by atoms with E-state index >= 15 is 0 Å². The van der Waals surface area contributed by atoms with Gasteiger partial charge < -0.3 is 14.7 Å². The minimum Gasteiger partial charge on any atom is -0.478 e. The molecule has 0 saturated carbocycles. The average Bonchev–Trinajstić information content (AvgIpc) is 2.20. The van der Waals surface area contributed by atoms with Crippen LogP contribution in [0.4, 0.5) is 0 Å². The Morgan fingerprint density at radius 2 is 2.00 bits per heavy atom. The van der Waals surface area contributed by atoms with Gasteiger partial charge in [0, 0.05) is 6.20 Å². The minimum absolute atomic E-state index is 0.0179. The lowest BCUT2D eigenvalue weighted by molar-refractivity contribution is -0.116. The van der Waals surface area contributed by atoms with Crippen molar-refractivity contribution in [3.63, 3.8) is 0 Å². The molecule has 72 valence electrons. The second-order valence-electron chi connectivity index (χ2n) is 2.57. The van der Waals surface area contributed by atoms with E-state index in [4.69, 9.17) is 5.11 Å². The Morgan fingerprint density at radius 1 is 1.36 bits per heavy atom. The van der Waals surface area contributed by atoms with Gasteiger partial charge in [0.2, 0.25) is 0 Å². The van der Waals surface area contributed by atoms with Gasteiger partial charge in [-0.05, 0) is 12.1 Å². The second-order valence-corrected chi connectivity index (χ2v) is 2.57. The normalized spacial score (nSPS) is 9.79. The minimum atomic E-state index is -1.10. The molecule has 0 bridgehead atoms. The summed E-state index contributed by atoms with van der Waals surface area (Å²) in [6.07, 6.45) is 2.02. The first-order valence-electron chi connectivity index (χ1n) is 3.79. The zero-order valence-corrected chi connectivity index (χ0v) is 7.08.